The zero-order valence-corrected chi connectivity index (χ0v) is 20.8. The van der Waals surface area contributed by atoms with E-state index in [-0.39, 0.29) is 52.7 Å². The molecule has 188 valence electrons. The van der Waals surface area contributed by atoms with Crippen molar-refractivity contribution in [3.8, 4) is 11.5 Å². The molecule has 0 radical (unpaired) electrons. The fourth-order valence-electron chi connectivity index (χ4n) is 4.24. The van der Waals surface area contributed by atoms with Crippen molar-refractivity contribution in [1.29, 1.82) is 0 Å². The zero-order chi connectivity index (χ0) is 25.5. The second-order valence-electron chi connectivity index (χ2n) is 8.19. The molecule has 0 heterocycles. The van der Waals surface area contributed by atoms with Gasteiger partial charge in [-0.1, -0.05) is 52.0 Å². The minimum atomic E-state index is -0.595. The van der Waals surface area contributed by atoms with Crippen molar-refractivity contribution >= 4 is 17.3 Å². The number of hydrogen-bond acceptors (Lipinski definition) is 8. The van der Waals surface area contributed by atoms with Gasteiger partial charge in [0.25, 0.3) is 0 Å². The highest BCUT2D eigenvalue weighted by Crippen LogP contribution is 2.45. The van der Waals surface area contributed by atoms with Gasteiger partial charge in [-0.15, -0.1) is 0 Å². The summed E-state index contributed by atoms with van der Waals surface area (Å²) in [6.45, 7) is 12.8. The molecule has 1 aliphatic carbocycles. The molecule has 3 rings (SSSR count). The first-order chi connectivity index (χ1) is 16.9. The Morgan fingerprint density at radius 2 is 1.26 bits per heavy atom. The SMILES string of the molecule is CCN(CC)CCOc1c([N+](=O)[O-])cc2c(c1OCCN(CC)CC)C(=O)c1ccccc1C2=O. The molecule has 35 heavy (non-hydrogen) atoms. The summed E-state index contributed by atoms with van der Waals surface area (Å²) in [6.07, 6.45) is 0. The number of nitro groups is 1. The molecule has 9 heteroatoms. The van der Waals surface area contributed by atoms with Gasteiger partial charge in [0.05, 0.1) is 10.5 Å². The summed E-state index contributed by atoms with van der Waals surface area (Å²) in [7, 11) is 0. The van der Waals surface area contributed by atoms with Crippen molar-refractivity contribution in [1.82, 2.24) is 9.80 Å². The van der Waals surface area contributed by atoms with Crippen LogP contribution in [-0.4, -0.2) is 78.8 Å². The van der Waals surface area contributed by atoms with Crippen molar-refractivity contribution in [3.63, 3.8) is 0 Å². The maximum atomic E-state index is 13.5. The first kappa shape index (κ1) is 26.3. The summed E-state index contributed by atoms with van der Waals surface area (Å²) >= 11 is 0. The Kier molecular flexibility index (Phi) is 8.95. The normalized spacial score (nSPS) is 12.6. The molecular formula is C26H33N3O6. The Morgan fingerprint density at radius 1 is 0.771 bits per heavy atom. The van der Waals surface area contributed by atoms with Crippen molar-refractivity contribution in [2.75, 3.05) is 52.5 Å². The van der Waals surface area contributed by atoms with E-state index in [2.05, 4.69) is 9.80 Å². The lowest BCUT2D eigenvalue weighted by atomic mass is 9.83. The van der Waals surface area contributed by atoms with Gasteiger partial charge in [-0.05, 0) is 26.2 Å². The van der Waals surface area contributed by atoms with E-state index < -0.39 is 16.5 Å². The third-order valence-corrected chi connectivity index (χ3v) is 6.40. The first-order valence-electron chi connectivity index (χ1n) is 12.1. The minimum Gasteiger partial charge on any atom is -0.487 e. The van der Waals surface area contributed by atoms with Crippen molar-refractivity contribution in [2.45, 2.75) is 27.7 Å². The third kappa shape index (κ3) is 5.52. The molecule has 2 aromatic rings. The molecule has 9 nitrogen and oxygen atoms in total. The first-order valence-corrected chi connectivity index (χ1v) is 12.1. The van der Waals surface area contributed by atoms with Crippen molar-refractivity contribution < 1.29 is 24.0 Å². The summed E-state index contributed by atoms with van der Waals surface area (Å²) < 4.78 is 12.0. The molecule has 0 bridgehead atoms. The Hall–Kier alpha value is -3.30. The van der Waals surface area contributed by atoms with Crippen LogP contribution >= 0.6 is 0 Å². The Morgan fingerprint density at radius 3 is 1.74 bits per heavy atom. The van der Waals surface area contributed by atoms with Crippen LogP contribution in [0.3, 0.4) is 0 Å². The topological polar surface area (TPSA) is 102 Å². The van der Waals surface area contributed by atoms with E-state index in [9.17, 15) is 19.7 Å². The summed E-state index contributed by atoms with van der Waals surface area (Å²) in [6, 6.07) is 7.63. The van der Waals surface area contributed by atoms with Crippen LogP contribution in [0.2, 0.25) is 0 Å². The Bertz CT molecular complexity index is 1090. The third-order valence-electron chi connectivity index (χ3n) is 6.40. The van der Waals surface area contributed by atoms with Gasteiger partial charge in [0.15, 0.2) is 17.3 Å². The van der Waals surface area contributed by atoms with Crippen LogP contribution in [0.5, 0.6) is 11.5 Å². The maximum absolute atomic E-state index is 13.5. The van der Waals surface area contributed by atoms with Crippen LogP contribution in [0, 0.1) is 10.1 Å². The molecule has 0 N–H and O–H groups in total. The maximum Gasteiger partial charge on any atom is 0.315 e. The number of benzene rings is 2. The largest absolute Gasteiger partial charge is 0.487 e. The molecule has 0 saturated heterocycles. The monoisotopic (exact) mass is 483 g/mol. The van der Waals surface area contributed by atoms with E-state index in [0.717, 1.165) is 32.2 Å². The van der Waals surface area contributed by atoms with Gasteiger partial charge in [0.1, 0.15) is 13.2 Å². The van der Waals surface area contributed by atoms with Gasteiger partial charge in [-0.2, -0.15) is 0 Å². The summed E-state index contributed by atoms with van der Waals surface area (Å²) in [4.78, 5) is 42.5. The molecule has 1 aliphatic rings. The van der Waals surface area contributed by atoms with Crippen molar-refractivity contribution in [3.05, 3.63) is 62.7 Å². The van der Waals surface area contributed by atoms with Crippen LogP contribution in [0.15, 0.2) is 30.3 Å². The predicted octanol–water partition coefficient (Wildman–Crippen LogP) is 3.81. The summed E-state index contributed by atoms with van der Waals surface area (Å²) in [5.74, 6) is -0.993. The van der Waals surface area contributed by atoms with Gasteiger partial charge in [0, 0.05) is 35.8 Å². The number of nitro benzene ring substituents is 1. The molecule has 0 fully saturated rings. The number of fused-ring (bicyclic) bond motifs is 2. The van der Waals surface area contributed by atoms with Crippen LogP contribution in [0.25, 0.3) is 0 Å². The molecule has 0 aromatic heterocycles. The number of carbonyl (C=O) groups is 2. The number of hydrogen-bond donors (Lipinski definition) is 0. The summed E-state index contributed by atoms with van der Waals surface area (Å²) in [5, 5.41) is 12.0. The van der Waals surface area contributed by atoms with Crippen LogP contribution in [0.4, 0.5) is 5.69 Å². The number of carbonyl (C=O) groups excluding carboxylic acids is 2. The number of likely N-dealkylation sites (N-methyl/N-ethyl adjacent to an activating group) is 2. The molecular weight excluding hydrogens is 450 g/mol. The highest BCUT2D eigenvalue weighted by Gasteiger charge is 2.38. The van der Waals surface area contributed by atoms with Gasteiger partial charge in [-0.25, -0.2) is 0 Å². The molecule has 0 unspecified atom stereocenters. The fraction of sp³-hybridized carbons (Fsp3) is 0.462. The lowest BCUT2D eigenvalue weighted by molar-refractivity contribution is -0.386. The molecule has 0 atom stereocenters. The quantitative estimate of drug-likeness (QED) is 0.267. The molecule has 2 aromatic carbocycles. The smallest absolute Gasteiger partial charge is 0.315 e. The van der Waals surface area contributed by atoms with E-state index in [1.54, 1.807) is 24.3 Å². The average Bonchev–Trinajstić information content (AvgIpc) is 2.87. The van der Waals surface area contributed by atoms with Gasteiger partial charge >= 0.3 is 5.69 Å². The average molecular weight is 484 g/mol. The van der Waals surface area contributed by atoms with E-state index in [0.29, 0.717) is 13.1 Å². The molecule has 0 saturated carbocycles. The number of rotatable bonds is 13. The van der Waals surface area contributed by atoms with Gasteiger partial charge < -0.3 is 19.3 Å². The van der Waals surface area contributed by atoms with E-state index in [4.69, 9.17) is 9.47 Å². The summed E-state index contributed by atoms with van der Waals surface area (Å²) in [5.41, 5.74) is 0.0813. The second-order valence-corrected chi connectivity index (χ2v) is 8.19. The lowest BCUT2D eigenvalue weighted by Crippen LogP contribution is -2.30. The minimum absolute atomic E-state index is 0.0247. The van der Waals surface area contributed by atoms with Gasteiger partial charge in [-0.3, -0.25) is 19.7 Å². The fourth-order valence-corrected chi connectivity index (χ4v) is 4.24. The standard InChI is InChI=1S/C26H33N3O6/c1-5-27(6-2)13-15-34-25-21(29(32)33)17-20-22(26(25)35-16-14-28(7-3)8-4)24(31)19-12-10-9-11-18(19)23(20)30/h9-12,17H,5-8,13-16H2,1-4H3. The van der Waals surface area contributed by atoms with Crippen molar-refractivity contribution in [2.24, 2.45) is 0 Å². The zero-order valence-electron chi connectivity index (χ0n) is 20.8. The van der Waals surface area contributed by atoms with Crippen LogP contribution < -0.4 is 9.47 Å². The van der Waals surface area contributed by atoms with E-state index >= 15 is 0 Å². The predicted molar refractivity (Wildman–Crippen MR) is 133 cm³/mol. The van der Waals surface area contributed by atoms with Gasteiger partial charge in [0.2, 0.25) is 5.75 Å². The number of ether oxygens (including phenoxy) is 2. The van der Waals surface area contributed by atoms with Crippen LogP contribution in [0.1, 0.15) is 59.5 Å². The van der Waals surface area contributed by atoms with Crippen LogP contribution in [-0.2, 0) is 0 Å². The Balaban J connectivity index is 2.10. The lowest BCUT2D eigenvalue weighted by Gasteiger charge is -2.24. The Labute approximate surface area is 205 Å². The molecule has 0 amide bonds. The highest BCUT2D eigenvalue weighted by atomic mass is 16.6. The van der Waals surface area contributed by atoms with E-state index in [1.807, 2.05) is 27.7 Å². The molecule has 0 spiro atoms. The number of nitrogens with zero attached hydrogens (tertiary/aromatic N) is 3. The molecule has 0 aliphatic heterocycles. The number of ketones is 2. The highest BCUT2D eigenvalue weighted by molar-refractivity contribution is 6.29. The van der Waals surface area contributed by atoms with E-state index in [1.165, 1.54) is 0 Å². The second kappa shape index (κ2) is 11.9.